The van der Waals surface area contributed by atoms with Crippen LogP contribution in [0.5, 0.6) is 5.75 Å². The van der Waals surface area contributed by atoms with E-state index in [1.807, 2.05) is 22.9 Å². The summed E-state index contributed by atoms with van der Waals surface area (Å²) in [6.07, 6.45) is 2.09. The van der Waals surface area contributed by atoms with Gasteiger partial charge in [-0.1, -0.05) is 0 Å². The maximum atomic E-state index is 5.95. The molecule has 0 radical (unpaired) electrons. The third kappa shape index (κ3) is 2.97. The van der Waals surface area contributed by atoms with Gasteiger partial charge in [-0.3, -0.25) is 0 Å². The van der Waals surface area contributed by atoms with Gasteiger partial charge in [0, 0.05) is 25.3 Å². The van der Waals surface area contributed by atoms with E-state index in [4.69, 9.17) is 15.2 Å². The predicted octanol–water partition coefficient (Wildman–Crippen LogP) is 1.36. The van der Waals surface area contributed by atoms with E-state index >= 15 is 0 Å². The van der Waals surface area contributed by atoms with Crippen molar-refractivity contribution in [1.29, 1.82) is 0 Å². The highest BCUT2D eigenvalue weighted by Crippen LogP contribution is 2.27. The summed E-state index contributed by atoms with van der Waals surface area (Å²) in [6, 6.07) is 5.59. The predicted molar refractivity (Wildman–Crippen MR) is 77.8 cm³/mol. The summed E-state index contributed by atoms with van der Waals surface area (Å²) in [7, 11) is 1.60. The number of nitrogen functional groups attached to an aromatic ring is 1. The third-order valence-corrected chi connectivity index (χ3v) is 3.79. The molecule has 112 valence electrons. The molecule has 7 heteroatoms. The molecule has 21 heavy (non-hydrogen) atoms. The molecule has 7 nitrogen and oxygen atoms in total. The molecule has 1 saturated heterocycles. The molecule has 2 heterocycles. The average Bonchev–Trinajstić information content (AvgIpc) is 2.96. The molecule has 1 aliphatic rings. The van der Waals surface area contributed by atoms with Gasteiger partial charge in [0.15, 0.2) is 5.82 Å². The van der Waals surface area contributed by atoms with Crippen molar-refractivity contribution in [1.82, 2.24) is 20.2 Å². The SMILES string of the molecule is COc1ccc(-c2nnnn2CC2CCOCC2)cc1N. The quantitative estimate of drug-likeness (QED) is 0.855. The Hall–Kier alpha value is -2.15. The second-order valence-electron chi connectivity index (χ2n) is 5.20. The molecular formula is C14H19N5O2. The first kappa shape index (κ1) is 13.8. The second-order valence-corrected chi connectivity index (χ2v) is 5.20. The molecule has 0 saturated carbocycles. The van der Waals surface area contributed by atoms with Gasteiger partial charge in [-0.2, -0.15) is 0 Å². The highest BCUT2D eigenvalue weighted by molar-refractivity contribution is 5.66. The van der Waals surface area contributed by atoms with Crippen LogP contribution in [0.15, 0.2) is 18.2 Å². The molecule has 0 aliphatic carbocycles. The van der Waals surface area contributed by atoms with Gasteiger partial charge < -0.3 is 15.2 Å². The van der Waals surface area contributed by atoms with E-state index in [0.717, 1.165) is 44.0 Å². The second kappa shape index (κ2) is 6.09. The Labute approximate surface area is 123 Å². The maximum Gasteiger partial charge on any atom is 0.182 e. The zero-order chi connectivity index (χ0) is 14.7. The first-order valence-electron chi connectivity index (χ1n) is 7.05. The van der Waals surface area contributed by atoms with Gasteiger partial charge >= 0.3 is 0 Å². The lowest BCUT2D eigenvalue weighted by Crippen LogP contribution is -2.21. The smallest absolute Gasteiger partial charge is 0.182 e. The molecular weight excluding hydrogens is 270 g/mol. The lowest BCUT2D eigenvalue weighted by atomic mass is 10.0. The van der Waals surface area contributed by atoms with Crippen LogP contribution in [0.25, 0.3) is 11.4 Å². The number of benzene rings is 1. The fourth-order valence-electron chi connectivity index (χ4n) is 2.58. The lowest BCUT2D eigenvalue weighted by molar-refractivity contribution is 0.0601. The molecule has 2 N–H and O–H groups in total. The first-order chi connectivity index (χ1) is 10.3. The number of aromatic nitrogens is 4. The number of rotatable bonds is 4. The van der Waals surface area contributed by atoms with Crippen LogP contribution in [-0.2, 0) is 11.3 Å². The number of methoxy groups -OCH3 is 1. The topological polar surface area (TPSA) is 88.1 Å². The molecule has 0 bridgehead atoms. The first-order valence-corrected chi connectivity index (χ1v) is 7.05. The summed E-state index contributed by atoms with van der Waals surface area (Å²) >= 11 is 0. The number of anilines is 1. The van der Waals surface area contributed by atoms with Crippen LogP contribution in [0.2, 0.25) is 0 Å². The summed E-state index contributed by atoms with van der Waals surface area (Å²) in [5.74, 6) is 1.94. The van der Waals surface area contributed by atoms with E-state index in [1.165, 1.54) is 0 Å². The minimum Gasteiger partial charge on any atom is -0.495 e. The van der Waals surface area contributed by atoms with Crippen molar-refractivity contribution < 1.29 is 9.47 Å². The standard InChI is InChI=1S/C14H19N5O2/c1-20-13-3-2-11(8-12(13)15)14-16-17-18-19(14)9-10-4-6-21-7-5-10/h2-3,8,10H,4-7,9,15H2,1H3. The molecule has 1 aliphatic heterocycles. The number of tetrazole rings is 1. The van der Waals surface area contributed by atoms with Crippen LogP contribution >= 0.6 is 0 Å². The van der Waals surface area contributed by atoms with Gasteiger partial charge in [0.25, 0.3) is 0 Å². The highest BCUT2D eigenvalue weighted by Gasteiger charge is 2.18. The van der Waals surface area contributed by atoms with Crippen LogP contribution in [0.4, 0.5) is 5.69 Å². The van der Waals surface area contributed by atoms with Crippen LogP contribution < -0.4 is 10.5 Å². The Balaban J connectivity index is 1.82. The minimum atomic E-state index is 0.552. The monoisotopic (exact) mass is 289 g/mol. The Bertz CT molecular complexity index is 607. The molecule has 0 atom stereocenters. The summed E-state index contributed by atoms with van der Waals surface area (Å²) in [4.78, 5) is 0. The number of ether oxygens (including phenoxy) is 2. The molecule has 1 aromatic carbocycles. The van der Waals surface area contributed by atoms with Gasteiger partial charge in [-0.15, -0.1) is 5.10 Å². The van der Waals surface area contributed by atoms with E-state index in [-0.39, 0.29) is 0 Å². The zero-order valence-electron chi connectivity index (χ0n) is 12.0. The third-order valence-electron chi connectivity index (χ3n) is 3.79. The normalized spacial score (nSPS) is 16.0. The van der Waals surface area contributed by atoms with Crippen LogP contribution in [-0.4, -0.2) is 40.5 Å². The van der Waals surface area contributed by atoms with Gasteiger partial charge in [0.1, 0.15) is 5.75 Å². The van der Waals surface area contributed by atoms with E-state index < -0.39 is 0 Å². The van der Waals surface area contributed by atoms with Gasteiger partial charge in [-0.05, 0) is 47.4 Å². The molecule has 2 aromatic rings. The molecule has 3 rings (SSSR count). The van der Waals surface area contributed by atoms with Crippen molar-refractivity contribution in [3.05, 3.63) is 18.2 Å². The Morgan fingerprint density at radius 1 is 1.38 bits per heavy atom. The van der Waals surface area contributed by atoms with Crippen molar-refractivity contribution in [2.24, 2.45) is 5.92 Å². The molecule has 0 amide bonds. The van der Waals surface area contributed by atoms with Crippen molar-refractivity contribution in [3.63, 3.8) is 0 Å². The number of hydrogen-bond acceptors (Lipinski definition) is 6. The number of nitrogens with zero attached hydrogens (tertiary/aromatic N) is 4. The summed E-state index contributed by atoms with van der Waals surface area (Å²) in [5, 5.41) is 12.0. The minimum absolute atomic E-state index is 0.552. The van der Waals surface area contributed by atoms with Crippen LogP contribution in [0.1, 0.15) is 12.8 Å². The van der Waals surface area contributed by atoms with Gasteiger partial charge in [0.2, 0.25) is 0 Å². The summed E-state index contributed by atoms with van der Waals surface area (Å²) in [6.45, 7) is 2.44. The molecule has 1 aromatic heterocycles. The largest absolute Gasteiger partial charge is 0.495 e. The lowest BCUT2D eigenvalue weighted by Gasteiger charge is -2.21. The Morgan fingerprint density at radius 2 is 2.19 bits per heavy atom. The van der Waals surface area contributed by atoms with Gasteiger partial charge in [-0.25, -0.2) is 4.68 Å². The number of nitrogens with two attached hydrogens (primary N) is 1. The van der Waals surface area contributed by atoms with Crippen molar-refractivity contribution in [2.45, 2.75) is 19.4 Å². The summed E-state index contributed by atoms with van der Waals surface area (Å²) in [5.41, 5.74) is 7.43. The van der Waals surface area contributed by atoms with E-state index in [2.05, 4.69) is 15.5 Å². The van der Waals surface area contributed by atoms with Crippen molar-refractivity contribution in [2.75, 3.05) is 26.1 Å². The van der Waals surface area contributed by atoms with Gasteiger partial charge in [0.05, 0.1) is 12.8 Å². The average molecular weight is 289 g/mol. The highest BCUT2D eigenvalue weighted by atomic mass is 16.5. The fourth-order valence-corrected chi connectivity index (χ4v) is 2.58. The maximum absolute atomic E-state index is 5.95. The number of hydrogen-bond donors (Lipinski definition) is 1. The van der Waals surface area contributed by atoms with E-state index in [9.17, 15) is 0 Å². The van der Waals surface area contributed by atoms with E-state index in [0.29, 0.717) is 17.4 Å². The van der Waals surface area contributed by atoms with Crippen LogP contribution in [0, 0.1) is 5.92 Å². The molecule has 1 fully saturated rings. The Kier molecular flexibility index (Phi) is 4.01. The molecule has 0 spiro atoms. The van der Waals surface area contributed by atoms with E-state index in [1.54, 1.807) is 7.11 Å². The fraction of sp³-hybridized carbons (Fsp3) is 0.500. The van der Waals surface area contributed by atoms with Crippen LogP contribution in [0.3, 0.4) is 0 Å². The molecule has 0 unspecified atom stereocenters. The zero-order valence-corrected chi connectivity index (χ0v) is 12.0. The Morgan fingerprint density at radius 3 is 2.90 bits per heavy atom. The van der Waals surface area contributed by atoms with Crippen molar-refractivity contribution in [3.8, 4) is 17.1 Å². The van der Waals surface area contributed by atoms with Crippen molar-refractivity contribution >= 4 is 5.69 Å². The summed E-state index contributed by atoms with van der Waals surface area (Å²) < 4.78 is 12.4.